The Labute approximate surface area is 116 Å². The number of hydrogen-bond donors (Lipinski definition) is 3. The number of hydrogen-bond acceptors (Lipinski definition) is 6. The predicted molar refractivity (Wildman–Crippen MR) is 75.9 cm³/mol. The molecule has 0 aliphatic rings. The van der Waals surface area contributed by atoms with Crippen LogP contribution in [0.5, 0.6) is 0 Å². The lowest BCUT2D eigenvalue weighted by atomic mass is 10.3. The van der Waals surface area contributed by atoms with Gasteiger partial charge in [-0.3, -0.25) is 4.79 Å². The van der Waals surface area contributed by atoms with Gasteiger partial charge in [0.2, 0.25) is 5.91 Å². The van der Waals surface area contributed by atoms with Crippen molar-refractivity contribution < 1.29 is 9.53 Å². The number of nitrogens with two attached hydrogens (primary N) is 1. The Morgan fingerprint density at radius 2 is 2.21 bits per heavy atom. The highest BCUT2D eigenvalue weighted by atomic mass is 32.1. The van der Waals surface area contributed by atoms with Crippen LogP contribution in [0.25, 0.3) is 0 Å². The second-order valence-electron chi connectivity index (χ2n) is 3.77. The van der Waals surface area contributed by atoms with Crippen LogP contribution in [0.3, 0.4) is 0 Å². The monoisotopic (exact) mass is 283 g/mol. The van der Waals surface area contributed by atoms with Gasteiger partial charge in [0.15, 0.2) is 5.82 Å². The van der Waals surface area contributed by atoms with E-state index in [0.717, 1.165) is 0 Å². The molecule has 0 fully saturated rings. The Kier molecular flexibility index (Phi) is 6.10. The van der Waals surface area contributed by atoms with Crippen molar-refractivity contribution in [3.8, 4) is 0 Å². The SMILES string of the molecule is COCCNC(=O)C(C)Nc1nccnc1C(N)=S. The molecule has 0 spiro atoms. The van der Waals surface area contributed by atoms with E-state index in [1.54, 1.807) is 14.0 Å². The van der Waals surface area contributed by atoms with Crippen molar-refractivity contribution in [3.05, 3.63) is 18.1 Å². The van der Waals surface area contributed by atoms with Crippen molar-refractivity contribution in [2.75, 3.05) is 25.6 Å². The average molecular weight is 283 g/mol. The molecule has 1 unspecified atom stereocenters. The zero-order valence-electron chi connectivity index (χ0n) is 10.8. The van der Waals surface area contributed by atoms with Crippen molar-refractivity contribution in [1.82, 2.24) is 15.3 Å². The molecule has 104 valence electrons. The summed E-state index contributed by atoms with van der Waals surface area (Å²) < 4.78 is 4.85. The Morgan fingerprint density at radius 1 is 1.53 bits per heavy atom. The summed E-state index contributed by atoms with van der Waals surface area (Å²) in [7, 11) is 1.57. The maximum atomic E-state index is 11.8. The highest BCUT2D eigenvalue weighted by molar-refractivity contribution is 7.80. The number of carbonyl (C=O) groups excluding carboxylic acids is 1. The van der Waals surface area contributed by atoms with E-state index in [4.69, 9.17) is 22.7 Å². The largest absolute Gasteiger partial charge is 0.388 e. The summed E-state index contributed by atoms with van der Waals surface area (Å²) in [6, 6.07) is -0.485. The first kappa shape index (κ1) is 15.3. The van der Waals surface area contributed by atoms with Crippen molar-refractivity contribution in [2.24, 2.45) is 5.73 Å². The van der Waals surface area contributed by atoms with E-state index < -0.39 is 6.04 Å². The van der Waals surface area contributed by atoms with Crippen LogP contribution in [0.15, 0.2) is 12.4 Å². The normalized spacial score (nSPS) is 11.7. The van der Waals surface area contributed by atoms with Crippen LogP contribution < -0.4 is 16.4 Å². The zero-order valence-corrected chi connectivity index (χ0v) is 11.7. The third kappa shape index (κ3) is 4.76. The summed E-state index contributed by atoms with van der Waals surface area (Å²) in [5.74, 6) is 0.223. The van der Waals surface area contributed by atoms with Gasteiger partial charge in [0, 0.05) is 26.0 Å². The molecule has 0 bridgehead atoms. The van der Waals surface area contributed by atoms with Crippen LogP contribution in [-0.2, 0) is 9.53 Å². The highest BCUT2D eigenvalue weighted by Gasteiger charge is 2.15. The van der Waals surface area contributed by atoms with Gasteiger partial charge in [0.1, 0.15) is 16.7 Å². The molecule has 0 saturated carbocycles. The van der Waals surface area contributed by atoms with Crippen LogP contribution in [0.2, 0.25) is 0 Å². The minimum Gasteiger partial charge on any atom is -0.388 e. The Bertz CT molecular complexity index is 454. The number of carbonyl (C=O) groups is 1. The van der Waals surface area contributed by atoms with Crippen LogP contribution in [0.4, 0.5) is 5.82 Å². The molecule has 0 aliphatic carbocycles. The van der Waals surface area contributed by atoms with E-state index in [0.29, 0.717) is 24.7 Å². The predicted octanol–water partition coefficient (Wildman–Crippen LogP) is -0.326. The van der Waals surface area contributed by atoms with Gasteiger partial charge in [-0.2, -0.15) is 0 Å². The number of thiocarbonyl (C=S) groups is 1. The van der Waals surface area contributed by atoms with Gasteiger partial charge in [-0.25, -0.2) is 9.97 Å². The van der Waals surface area contributed by atoms with Crippen LogP contribution in [0, 0.1) is 0 Å². The lowest BCUT2D eigenvalue weighted by Gasteiger charge is -2.15. The first-order chi connectivity index (χ1) is 9.06. The molecule has 1 rings (SSSR count). The standard InChI is InChI=1S/C11H17N5O2S/c1-7(11(17)15-5-6-18-2)16-10-8(9(12)19)13-3-4-14-10/h3-4,7H,5-6H2,1-2H3,(H2,12,19)(H,14,16)(H,15,17). The fourth-order valence-corrected chi connectivity index (χ4v) is 1.47. The lowest BCUT2D eigenvalue weighted by Crippen LogP contribution is -2.39. The number of nitrogens with one attached hydrogen (secondary N) is 2. The molecule has 4 N–H and O–H groups in total. The van der Waals surface area contributed by atoms with Crippen molar-refractivity contribution in [1.29, 1.82) is 0 Å². The quantitative estimate of drug-likeness (QED) is 0.465. The first-order valence-corrected chi connectivity index (χ1v) is 6.11. The topological polar surface area (TPSA) is 102 Å². The molecule has 0 aliphatic heterocycles. The fraction of sp³-hybridized carbons (Fsp3) is 0.455. The van der Waals surface area contributed by atoms with Crippen LogP contribution in [-0.4, -0.2) is 47.2 Å². The Balaban J connectivity index is 2.63. The minimum atomic E-state index is -0.485. The summed E-state index contributed by atoms with van der Waals surface area (Å²) in [5, 5.41) is 5.64. The summed E-state index contributed by atoms with van der Waals surface area (Å²) in [6.07, 6.45) is 2.99. The fourth-order valence-electron chi connectivity index (χ4n) is 1.32. The number of methoxy groups -OCH3 is 1. The van der Waals surface area contributed by atoms with E-state index in [2.05, 4.69) is 20.6 Å². The summed E-state index contributed by atoms with van der Waals surface area (Å²) in [5.41, 5.74) is 5.91. The Morgan fingerprint density at radius 3 is 2.84 bits per heavy atom. The maximum absolute atomic E-state index is 11.8. The molecule has 1 heterocycles. The molecule has 19 heavy (non-hydrogen) atoms. The number of amides is 1. The van der Waals surface area contributed by atoms with Crippen molar-refractivity contribution >= 4 is 28.9 Å². The maximum Gasteiger partial charge on any atom is 0.242 e. The van der Waals surface area contributed by atoms with Crippen LogP contribution >= 0.6 is 12.2 Å². The third-order valence-corrected chi connectivity index (χ3v) is 2.48. The molecule has 1 aromatic heterocycles. The second kappa shape index (κ2) is 7.59. The smallest absolute Gasteiger partial charge is 0.242 e. The van der Waals surface area contributed by atoms with Crippen LogP contribution in [0.1, 0.15) is 12.6 Å². The van der Waals surface area contributed by atoms with E-state index >= 15 is 0 Å². The second-order valence-corrected chi connectivity index (χ2v) is 4.21. The number of rotatable bonds is 7. The van der Waals surface area contributed by atoms with E-state index in [1.165, 1.54) is 12.4 Å². The van der Waals surface area contributed by atoms with E-state index in [9.17, 15) is 4.79 Å². The average Bonchev–Trinajstić information content (AvgIpc) is 2.39. The molecular formula is C11H17N5O2S. The summed E-state index contributed by atoms with van der Waals surface area (Å²) in [4.78, 5) is 20.0. The number of ether oxygens (including phenoxy) is 1. The van der Waals surface area contributed by atoms with Crippen molar-refractivity contribution in [2.45, 2.75) is 13.0 Å². The van der Waals surface area contributed by atoms with Gasteiger partial charge in [-0.05, 0) is 6.92 Å². The summed E-state index contributed by atoms with van der Waals surface area (Å²) in [6.45, 7) is 2.62. The molecule has 1 atom stereocenters. The van der Waals surface area contributed by atoms with Gasteiger partial charge in [-0.1, -0.05) is 12.2 Å². The number of aromatic nitrogens is 2. The first-order valence-electron chi connectivity index (χ1n) is 5.70. The molecule has 0 aromatic carbocycles. The van der Waals surface area contributed by atoms with Gasteiger partial charge in [0.05, 0.1) is 6.61 Å². The van der Waals surface area contributed by atoms with Crippen molar-refractivity contribution in [3.63, 3.8) is 0 Å². The van der Waals surface area contributed by atoms with Gasteiger partial charge < -0.3 is 21.1 Å². The molecule has 8 heteroatoms. The molecule has 0 radical (unpaired) electrons. The third-order valence-electron chi connectivity index (χ3n) is 2.28. The van der Waals surface area contributed by atoms with Gasteiger partial charge in [0.25, 0.3) is 0 Å². The highest BCUT2D eigenvalue weighted by Crippen LogP contribution is 2.09. The minimum absolute atomic E-state index is 0.127. The Hall–Kier alpha value is -1.80. The molecule has 7 nitrogen and oxygen atoms in total. The summed E-state index contributed by atoms with van der Waals surface area (Å²) >= 11 is 4.87. The van der Waals surface area contributed by atoms with Gasteiger partial charge in [-0.15, -0.1) is 0 Å². The number of nitrogens with zero attached hydrogens (tertiary/aromatic N) is 2. The van der Waals surface area contributed by atoms with E-state index in [-0.39, 0.29) is 10.9 Å². The zero-order chi connectivity index (χ0) is 14.3. The molecule has 0 saturated heterocycles. The molecule has 1 aromatic rings. The molecule has 1 amide bonds. The van der Waals surface area contributed by atoms with Gasteiger partial charge >= 0.3 is 0 Å². The number of anilines is 1. The van der Waals surface area contributed by atoms with E-state index in [1.807, 2.05) is 0 Å². The molecular weight excluding hydrogens is 266 g/mol. The lowest BCUT2D eigenvalue weighted by molar-refractivity contribution is -0.121.